The highest BCUT2D eigenvalue weighted by atomic mass is 16.6. The molecule has 1 saturated carbocycles. The Morgan fingerprint density at radius 2 is 1.84 bits per heavy atom. The Morgan fingerprint density at radius 1 is 1.13 bits per heavy atom. The second kappa shape index (κ2) is 11.4. The molecular formula is C31H37N3O4. The number of benzene rings is 2. The van der Waals surface area contributed by atoms with Gasteiger partial charge in [0, 0.05) is 12.0 Å². The molecule has 2 aromatic rings. The van der Waals surface area contributed by atoms with Crippen molar-refractivity contribution in [2.75, 3.05) is 6.61 Å². The van der Waals surface area contributed by atoms with E-state index in [1.165, 1.54) is 0 Å². The van der Waals surface area contributed by atoms with Crippen LogP contribution in [-0.4, -0.2) is 40.4 Å². The third-order valence-corrected chi connectivity index (χ3v) is 7.34. The largest absolute Gasteiger partial charge is 0.476 e. The fraction of sp³-hybridized carbons (Fsp3) is 0.484. The van der Waals surface area contributed by atoms with Gasteiger partial charge in [0.1, 0.15) is 17.1 Å². The molecule has 0 aromatic heterocycles. The Labute approximate surface area is 225 Å². The fourth-order valence-electron chi connectivity index (χ4n) is 5.23. The van der Waals surface area contributed by atoms with E-state index in [2.05, 4.69) is 13.0 Å². The first-order valence-electron chi connectivity index (χ1n) is 13.6. The summed E-state index contributed by atoms with van der Waals surface area (Å²) in [6, 6.07) is 15.3. The van der Waals surface area contributed by atoms with Gasteiger partial charge in [0.15, 0.2) is 5.60 Å². The lowest BCUT2D eigenvalue weighted by Gasteiger charge is -2.24. The van der Waals surface area contributed by atoms with Crippen LogP contribution >= 0.6 is 0 Å². The van der Waals surface area contributed by atoms with E-state index in [9.17, 15) is 14.9 Å². The topological polar surface area (TPSA) is 92.0 Å². The van der Waals surface area contributed by atoms with E-state index in [4.69, 9.17) is 14.5 Å². The molecule has 1 aliphatic heterocycles. The first kappa shape index (κ1) is 27.4. The Hall–Kier alpha value is -3.66. The van der Waals surface area contributed by atoms with Crippen molar-refractivity contribution in [1.29, 1.82) is 5.26 Å². The van der Waals surface area contributed by atoms with E-state index in [1.807, 2.05) is 29.2 Å². The lowest BCUT2D eigenvalue weighted by atomic mass is 9.97. The van der Waals surface area contributed by atoms with E-state index < -0.39 is 17.1 Å². The molecule has 1 fully saturated rings. The monoisotopic (exact) mass is 515 g/mol. The van der Waals surface area contributed by atoms with Crippen molar-refractivity contribution in [2.45, 2.75) is 90.3 Å². The number of nitrogens with zero attached hydrogens (tertiary/aromatic N) is 3. The Kier molecular flexibility index (Phi) is 8.20. The molecule has 0 radical (unpaired) electrons. The predicted molar refractivity (Wildman–Crippen MR) is 147 cm³/mol. The van der Waals surface area contributed by atoms with Crippen LogP contribution in [0.25, 0.3) is 11.1 Å². The lowest BCUT2D eigenvalue weighted by molar-refractivity contribution is -0.158. The van der Waals surface area contributed by atoms with Crippen molar-refractivity contribution in [3.05, 3.63) is 53.6 Å². The van der Waals surface area contributed by atoms with Crippen molar-refractivity contribution < 1.29 is 19.1 Å². The Morgan fingerprint density at radius 3 is 2.47 bits per heavy atom. The maximum absolute atomic E-state index is 13.4. The number of nitriles is 1. The molecule has 4 rings (SSSR count). The highest BCUT2D eigenvalue weighted by molar-refractivity contribution is 6.08. The summed E-state index contributed by atoms with van der Waals surface area (Å²) in [4.78, 5) is 32.6. The number of unbranched alkanes of at least 4 members (excludes halogenated alkanes) is 1. The quantitative estimate of drug-likeness (QED) is 0.352. The van der Waals surface area contributed by atoms with Gasteiger partial charge in [-0.05, 0) is 69.4 Å². The summed E-state index contributed by atoms with van der Waals surface area (Å²) in [6.45, 7) is 7.98. The normalized spacial score (nSPS) is 16.4. The van der Waals surface area contributed by atoms with E-state index in [0.717, 1.165) is 61.9 Å². The van der Waals surface area contributed by atoms with Gasteiger partial charge in [0.2, 0.25) is 0 Å². The molecule has 2 aliphatic rings. The third kappa shape index (κ3) is 5.60. The number of hydrogen-bond donors (Lipinski definition) is 0. The molecule has 200 valence electrons. The molecule has 1 amide bonds. The zero-order valence-corrected chi connectivity index (χ0v) is 22.9. The summed E-state index contributed by atoms with van der Waals surface area (Å²) in [5, 5.41) is 9.71. The number of esters is 1. The van der Waals surface area contributed by atoms with E-state index >= 15 is 0 Å². The molecule has 1 heterocycles. The predicted octanol–water partition coefficient (Wildman–Crippen LogP) is 6.19. The molecule has 0 atom stereocenters. The van der Waals surface area contributed by atoms with Gasteiger partial charge in [0.05, 0.1) is 24.8 Å². The lowest BCUT2D eigenvalue weighted by Crippen LogP contribution is -2.40. The number of amidine groups is 1. The van der Waals surface area contributed by atoms with Gasteiger partial charge >= 0.3 is 5.97 Å². The zero-order valence-electron chi connectivity index (χ0n) is 22.9. The summed E-state index contributed by atoms with van der Waals surface area (Å²) in [6.07, 6.45) is 6.70. The van der Waals surface area contributed by atoms with Crippen molar-refractivity contribution >= 4 is 17.7 Å². The molecule has 0 bridgehead atoms. The minimum absolute atomic E-state index is 0.144. The van der Waals surface area contributed by atoms with Gasteiger partial charge < -0.3 is 9.47 Å². The van der Waals surface area contributed by atoms with E-state index in [1.54, 1.807) is 39.0 Å². The summed E-state index contributed by atoms with van der Waals surface area (Å²) in [5.74, 6) is 1.09. The molecule has 7 heteroatoms. The van der Waals surface area contributed by atoms with Gasteiger partial charge in [-0.3, -0.25) is 14.7 Å². The number of carbonyl (C=O) groups excluding carboxylic acids is 2. The maximum atomic E-state index is 13.4. The number of aliphatic imine (C=N–C) groups is 1. The average molecular weight is 516 g/mol. The second-order valence-corrected chi connectivity index (χ2v) is 10.6. The van der Waals surface area contributed by atoms with Crippen LogP contribution in [0.3, 0.4) is 0 Å². The van der Waals surface area contributed by atoms with E-state index in [-0.39, 0.29) is 12.5 Å². The highest BCUT2D eigenvalue weighted by Crippen LogP contribution is 2.40. The molecular weight excluding hydrogens is 478 g/mol. The summed E-state index contributed by atoms with van der Waals surface area (Å²) in [5.41, 5.74) is 1.37. The van der Waals surface area contributed by atoms with Gasteiger partial charge in [-0.15, -0.1) is 0 Å². The Balaban J connectivity index is 1.55. The van der Waals surface area contributed by atoms with Crippen LogP contribution in [0.2, 0.25) is 0 Å². The van der Waals surface area contributed by atoms with Crippen molar-refractivity contribution in [3.63, 3.8) is 0 Å². The first-order valence-corrected chi connectivity index (χ1v) is 13.6. The summed E-state index contributed by atoms with van der Waals surface area (Å²) < 4.78 is 11.1. The molecule has 2 aromatic carbocycles. The molecule has 0 unspecified atom stereocenters. The van der Waals surface area contributed by atoms with Crippen LogP contribution in [0.15, 0.2) is 47.5 Å². The van der Waals surface area contributed by atoms with Crippen molar-refractivity contribution in [1.82, 2.24) is 4.90 Å². The third-order valence-electron chi connectivity index (χ3n) is 7.34. The van der Waals surface area contributed by atoms with Crippen LogP contribution in [0, 0.1) is 11.3 Å². The molecule has 1 spiro atoms. The van der Waals surface area contributed by atoms with Gasteiger partial charge in [-0.2, -0.15) is 5.26 Å². The zero-order chi connectivity index (χ0) is 27.3. The smallest absolute Gasteiger partial charge is 0.349 e. The average Bonchev–Trinajstić information content (AvgIpc) is 3.48. The molecule has 1 aliphatic carbocycles. The molecule has 0 saturated heterocycles. The number of amides is 1. The first-order chi connectivity index (χ1) is 18.2. The Bertz CT molecular complexity index is 1250. The summed E-state index contributed by atoms with van der Waals surface area (Å²) >= 11 is 0. The number of hydrogen-bond acceptors (Lipinski definition) is 6. The van der Waals surface area contributed by atoms with Crippen LogP contribution in [0.1, 0.15) is 83.8 Å². The second-order valence-electron chi connectivity index (χ2n) is 10.6. The van der Waals surface area contributed by atoms with Crippen LogP contribution < -0.4 is 4.74 Å². The SMILES string of the molecule is CCCCC1=NC2(CCCC2)C(=O)N1Cc1ccc(-c2cc(OC(C)(C)C(=O)OCC)ccc2C#N)cc1. The van der Waals surface area contributed by atoms with Gasteiger partial charge in [0.25, 0.3) is 5.91 Å². The minimum atomic E-state index is -1.17. The number of rotatable bonds is 10. The van der Waals surface area contributed by atoms with Crippen LogP contribution in [0.5, 0.6) is 5.75 Å². The fourth-order valence-corrected chi connectivity index (χ4v) is 5.23. The van der Waals surface area contributed by atoms with Gasteiger partial charge in [-0.1, -0.05) is 50.5 Å². The van der Waals surface area contributed by atoms with Crippen molar-refractivity contribution in [2.24, 2.45) is 4.99 Å². The molecule has 38 heavy (non-hydrogen) atoms. The molecule has 0 N–H and O–H groups in total. The van der Waals surface area contributed by atoms with Crippen LogP contribution in [-0.2, 0) is 20.9 Å². The highest BCUT2D eigenvalue weighted by Gasteiger charge is 2.49. The number of carbonyl (C=O) groups is 2. The maximum Gasteiger partial charge on any atom is 0.349 e. The van der Waals surface area contributed by atoms with Gasteiger partial charge in [-0.25, -0.2) is 4.79 Å². The summed E-state index contributed by atoms with van der Waals surface area (Å²) in [7, 11) is 0. The van der Waals surface area contributed by atoms with E-state index in [0.29, 0.717) is 23.4 Å². The number of ether oxygens (including phenoxy) is 2. The minimum Gasteiger partial charge on any atom is -0.476 e. The van der Waals surface area contributed by atoms with Crippen LogP contribution in [0.4, 0.5) is 0 Å². The standard InChI is InChI=1S/C31H37N3O4/c1-5-7-10-27-33-31(17-8-9-18-31)28(35)34(27)21-22-11-13-23(14-12-22)26-19-25(16-15-24(26)20-32)38-30(3,4)29(36)37-6-2/h11-16,19H,5-10,17-18,21H2,1-4H3. The van der Waals surface area contributed by atoms with Crippen molar-refractivity contribution in [3.8, 4) is 22.9 Å². The molecule has 7 nitrogen and oxygen atoms in total.